The van der Waals surface area contributed by atoms with Crippen LogP contribution in [0.15, 0.2) is 47.3 Å². The second-order valence-electron chi connectivity index (χ2n) is 8.09. The first-order chi connectivity index (χ1) is 15.4. The highest BCUT2D eigenvalue weighted by Gasteiger charge is 2.21. The Morgan fingerprint density at radius 3 is 2.53 bits per heavy atom. The quantitative estimate of drug-likeness (QED) is 0.535. The molecule has 4 aromatic rings. The summed E-state index contributed by atoms with van der Waals surface area (Å²) in [4.78, 5) is 17.1. The van der Waals surface area contributed by atoms with Crippen molar-refractivity contribution in [1.29, 1.82) is 0 Å². The van der Waals surface area contributed by atoms with Gasteiger partial charge in [0.05, 0.1) is 5.52 Å². The molecule has 0 saturated carbocycles. The number of aromatic amines is 1. The summed E-state index contributed by atoms with van der Waals surface area (Å²) in [5.74, 6) is -1.01. The van der Waals surface area contributed by atoms with Crippen LogP contribution in [-0.2, 0) is 0 Å². The maximum absolute atomic E-state index is 14.9. The molecule has 1 aliphatic rings. The van der Waals surface area contributed by atoms with Crippen LogP contribution in [0.3, 0.4) is 0 Å². The van der Waals surface area contributed by atoms with E-state index in [-0.39, 0.29) is 16.9 Å². The van der Waals surface area contributed by atoms with Gasteiger partial charge in [0, 0.05) is 43.5 Å². The Labute approximate surface area is 182 Å². The van der Waals surface area contributed by atoms with Crippen LogP contribution in [0, 0.1) is 18.6 Å². The summed E-state index contributed by atoms with van der Waals surface area (Å²) in [6, 6.07) is 10.8. The van der Waals surface area contributed by atoms with Crippen LogP contribution in [0.4, 0.5) is 14.5 Å². The van der Waals surface area contributed by atoms with Crippen molar-refractivity contribution in [2.45, 2.75) is 6.92 Å². The second kappa shape index (κ2) is 7.83. The van der Waals surface area contributed by atoms with E-state index in [1.165, 1.54) is 18.2 Å². The molecule has 0 aliphatic carbocycles. The Kier molecular flexibility index (Phi) is 4.97. The normalized spacial score (nSPS) is 14.9. The van der Waals surface area contributed by atoms with Gasteiger partial charge >= 0.3 is 0 Å². The van der Waals surface area contributed by atoms with Gasteiger partial charge in [0.25, 0.3) is 5.56 Å². The standard InChI is InChI=1S/C23H22F2N6O/c1-14-4-3-5-18(25)23(14)31-20(32)13-19-22(28-31)21(27-26-19)16-12-15(6-7-17(16)24)30-10-8-29(2)9-11-30/h3-7,12-13,26H,8-11H2,1-2H3. The molecule has 2 aromatic carbocycles. The Balaban J connectivity index is 1.64. The number of anilines is 1. The van der Waals surface area contributed by atoms with Gasteiger partial charge < -0.3 is 9.80 Å². The van der Waals surface area contributed by atoms with Gasteiger partial charge in [0.1, 0.15) is 28.5 Å². The highest BCUT2D eigenvalue weighted by atomic mass is 19.1. The summed E-state index contributed by atoms with van der Waals surface area (Å²) in [5.41, 5.74) is 2.22. The molecule has 9 heteroatoms. The topological polar surface area (TPSA) is 70.1 Å². The number of para-hydroxylation sites is 1. The number of rotatable bonds is 3. The number of halogens is 2. The molecule has 1 fully saturated rings. The van der Waals surface area contributed by atoms with Crippen molar-refractivity contribution in [3.05, 3.63) is 70.0 Å². The van der Waals surface area contributed by atoms with Crippen molar-refractivity contribution in [2.75, 3.05) is 38.1 Å². The lowest BCUT2D eigenvalue weighted by atomic mass is 10.1. The lowest BCUT2D eigenvalue weighted by Gasteiger charge is -2.34. The number of hydrogen-bond acceptors (Lipinski definition) is 5. The third-order valence-electron chi connectivity index (χ3n) is 5.92. The minimum Gasteiger partial charge on any atom is -0.369 e. The van der Waals surface area contributed by atoms with E-state index in [1.807, 2.05) is 0 Å². The Morgan fingerprint density at radius 2 is 1.78 bits per heavy atom. The van der Waals surface area contributed by atoms with Gasteiger partial charge in [-0.1, -0.05) is 12.1 Å². The van der Waals surface area contributed by atoms with Gasteiger partial charge in [-0.3, -0.25) is 9.89 Å². The highest BCUT2D eigenvalue weighted by Crippen LogP contribution is 2.31. The SMILES string of the molecule is Cc1cccc(F)c1-n1nc2c(-c3cc(N4CCN(C)CC4)ccc3F)n[nH]c2cc1=O. The number of fused-ring (bicyclic) bond motifs is 1. The van der Waals surface area contributed by atoms with Gasteiger partial charge in [0.2, 0.25) is 0 Å². The average Bonchev–Trinajstić information content (AvgIpc) is 3.17. The Bertz CT molecular complexity index is 1350. The minimum absolute atomic E-state index is 0.0678. The van der Waals surface area contributed by atoms with Crippen molar-refractivity contribution in [3.63, 3.8) is 0 Å². The van der Waals surface area contributed by atoms with E-state index in [9.17, 15) is 13.6 Å². The zero-order valence-corrected chi connectivity index (χ0v) is 17.8. The Hall–Kier alpha value is -3.59. The van der Waals surface area contributed by atoms with E-state index in [1.54, 1.807) is 31.2 Å². The molecule has 1 saturated heterocycles. The number of nitrogens with zero attached hydrogens (tertiary/aromatic N) is 5. The van der Waals surface area contributed by atoms with Crippen molar-refractivity contribution < 1.29 is 8.78 Å². The molecule has 164 valence electrons. The van der Waals surface area contributed by atoms with E-state index >= 15 is 0 Å². The zero-order valence-electron chi connectivity index (χ0n) is 17.8. The van der Waals surface area contributed by atoms with Crippen molar-refractivity contribution in [3.8, 4) is 16.9 Å². The Morgan fingerprint density at radius 1 is 1.00 bits per heavy atom. The van der Waals surface area contributed by atoms with Gasteiger partial charge in [-0.2, -0.15) is 14.9 Å². The summed E-state index contributed by atoms with van der Waals surface area (Å²) in [6.45, 7) is 5.23. The van der Waals surface area contributed by atoms with Crippen LogP contribution < -0.4 is 10.5 Å². The number of aryl methyl sites for hydroxylation is 1. The van der Waals surface area contributed by atoms with Crippen LogP contribution in [0.2, 0.25) is 0 Å². The second-order valence-corrected chi connectivity index (χ2v) is 8.09. The molecule has 0 bridgehead atoms. The van der Waals surface area contributed by atoms with Crippen molar-refractivity contribution in [2.24, 2.45) is 0 Å². The lowest BCUT2D eigenvalue weighted by molar-refractivity contribution is 0.313. The fourth-order valence-corrected chi connectivity index (χ4v) is 4.08. The number of hydrogen-bond donors (Lipinski definition) is 1. The van der Waals surface area contributed by atoms with Crippen LogP contribution in [0.5, 0.6) is 0 Å². The van der Waals surface area contributed by atoms with E-state index in [0.717, 1.165) is 36.5 Å². The third-order valence-corrected chi connectivity index (χ3v) is 5.92. The molecule has 0 atom stereocenters. The summed E-state index contributed by atoms with van der Waals surface area (Å²) in [6.07, 6.45) is 0. The number of H-pyrrole nitrogens is 1. The van der Waals surface area contributed by atoms with Crippen LogP contribution >= 0.6 is 0 Å². The first kappa shape index (κ1) is 20.3. The van der Waals surface area contributed by atoms with Crippen LogP contribution in [0.25, 0.3) is 28.0 Å². The molecule has 1 aliphatic heterocycles. The molecule has 7 nitrogen and oxygen atoms in total. The highest BCUT2D eigenvalue weighted by molar-refractivity contribution is 5.90. The third kappa shape index (κ3) is 3.44. The molecule has 3 heterocycles. The van der Waals surface area contributed by atoms with Gasteiger partial charge in [0.15, 0.2) is 0 Å². The molecule has 0 amide bonds. The summed E-state index contributed by atoms with van der Waals surface area (Å²) in [7, 11) is 2.08. The maximum Gasteiger partial charge on any atom is 0.273 e. The number of benzene rings is 2. The molecule has 0 radical (unpaired) electrons. The number of piperazine rings is 1. The monoisotopic (exact) mass is 436 g/mol. The molecule has 2 aromatic heterocycles. The maximum atomic E-state index is 14.9. The number of likely N-dealkylation sites (N-methyl/N-ethyl adjacent to an activating group) is 1. The van der Waals surface area contributed by atoms with Gasteiger partial charge in [-0.05, 0) is 43.8 Å². The van der Waals surface area contributed by atoms with Crippen LogP contribution in [0.1, 0.15) is 5.56 Å². The molecule has 0 unspecified atom stereocenters. The first-order valence-electron chi connectivity index (χ1n) is 10.4. The molecular formula is C23H22F2N6O. The summed E-state index contributed by atoms with van der Waals surface area (Å²) in [5, 5.41) is 11.4. The van der Waals surface area contributed by atoms with Crippen molar-refractivity contribution >= 4 is 16.7 Å². The lowest BCUT2D eigenvalue weighted by Crippen LogP contribution is -2.44. The smallest absolute Gasteiger partial charge is 0.273 e. The van der Waals surface area contributed by atoms with Gasteiger partial charge in [-0.15, -0.1) is 0 Å². The minimum atomic E-state index is -0.563. The predicted molar refractivity (Wildman–Crippen MR) is 119 cm³/mol. The zero-order chi connectivity index (χ0) is 22.4. The number of nitrogens with one attached hydrogen (secondary N) is 1. The molecule has 0 spiro atoms. The molecule has 1 N–H and O–H groups in total. The largest absolute Gasteiger partial charge is 0.369 e. The first-order valence-corrected chi connectivity index (χ1v) is 10.4. The molecular weight excluding hydrogens is 414 g/mol. The molecule has 5 rings (SSSR count). The fourth-order valence-electron chi connectivity index (χ4n) is 4.08. The summed E-state index contributed by atoms with van der Waals surface area (Å²) >= 11 is 0. The van der Waals surface area contributed by atoms with Crippen LogP contribution in [-0.4, -0.2) is 58.1 Å². The number of aromatic nitrogens is 4. The van der Waals surface area contributed by atoms with Crippen molar-refractivity contribution in [1.82, 2.24) is 24.9 Å². The molecule has 32 heavy (non-hydrogen) atoms. The van der Waals surface area contributed by atoms with E-state index in [0.29, 0.717) is 16.6 Å². The fraction of sp³-hybridized carbons (Fsp3) is 0.261. The van der Waals surface area contributed by atoms with E-state index in [4.69, 9.17) is 0 Å². The van der Waals surface area contributed by atoms with E-state index < -0.39 is 17.2 Å². The van der Waals surface area contributed by atoms with E-state index in [2.05, 4.69) is 32.1 Å². The predicted octanol–water partition coefficient (Wildman–Crippen LogP) is 3.11. The van der Waals surface area contributed by atoms with Gasteiger partial charge in [-0.25, -0.2) is 8.78 Å². The average molecular weight is 436 g/mol. The summed E-state index contributed by atoms with van der Waals surface area (Å²) < 4.78 is 30.4.